The number of pyridine rings is 1. The zero-order chi connectivity index (χ0) is 16.3. The van der Waals surface area contributed by atoms with Crippen LogP contribution in [0.5, 0.6) is 5.75 Å². The average molecular weight is 303 g/mol. The summed E-state index contributed by atoms with van der Waals surface area (Å²) in [4.78, 5) is 23.5. The third-order valence-electron chi connectivity index (χ3n) is 2.51. The molecule has 112 valence electrons. The fourth-order valence-electron chi connectivity index (χ4n) is 1.47. The van der Waals surface area contributed by atoms with Crippen LogP contribution in [-0.4, -0.2) is 14.8 Å². The molecule has 0 spiro atoms. The average Bonchev–Trinajstić information content (AvgIpc) is 2.48. The molecular weight excluding hydrogens is 296 g/mol. The van der Waals surface area contributed by atoms with Crippen LogP contribution in [0, 0.1) is 20.2 Å². The summed E-state index contributed by atoms with van der Waals surface area (Å²) < 4.78 is 0. The topological polar surface area (TPSA) is 173 Å². The van der Waals surface area contributed by atoms with Gasteiger partial charge in [0.1, 0.15) is 11.5 Å². The molecule has 0 saturated heterocycles. The van der Waals surface area contributed by atoms with Crippen LogP contribution in [0.3, 0.4) is 0 Å². The fourth-order valence-corrected chi connectivity index (χ4v) is 1.47. The molecule has 22 heavy (non-hydrogen) atoms. The molecule has 11 nitrogen and oxygen atoms in total. The van der Waals surface area contributed by atoms with Crippen LogP contribution in [0.25, 0.3) is 0 Å². The van der Waals surface area contributed by atoms with E-state index >= 15 is 0 Å². The Morgan fingerprint density at radius 2 is 1.82 bits per heavy atom. The van der Waals surface area contributed by atoms with Crippen molar-refractivity contribution in [1.29, 1.82) is 0 Å². The van der Waals surface area contributed by atoms with Gasteiger partial charge in [-0.05, 0) is 12.1 Å². The second kappa shape index (κ2) is 5.78. The van der Waals surface area contributed by atoms with Crippen molar-refractivity contribution in [3.8, 4) is 5.75 Å². The zero-order valence-electron chi connectivity index (χ0n) is 10.7. The van der Waals surface area contributed by atoms with E-state index in [1.165, 1.54) is 0 Å². The molecule has 2 N–H and O–H groups in total. The van der Waals surface area contributed by atoms with E-state index in [0.29, 0.717) is 0 Å². The predicted octanol–water partition coefficient (Wildman–Crippen LogP) is 1.97. The predicted molar refractivity (Wildman–Crippen MR) is 72.0 cm³/mol. The van der Waals surface area contributed by atoms with E-state index in [2.05, 4.69) is 15.2 Å². The van der Waals surface area contributed by atoms with Crippen LogP contribution < -0.4 is 10.8 Å². The molecule has 1 aromatic heterocycles. The summed E-state index contributed by atoms with van der Waals surface area (Å²) in [6.07, 6.45) is 1.16. The minimum absolute atomic E-state index is 0.0480. The van der Waals surface area contributed by atoms with Crippen LogP contribution >= 0.6 is 0 Å². The van der Waals surface area contributed by atoms with Crippen LogP contribution in [0.1, 0.15) is 0 Å². The highest BCUT2D eigenvalue weighted by atomic mass is 16.6. The Morgan fingerprint density at radius 1 is 1.09 bits per heavy atom. The minimum atomic E-state index is -0.818. The molecule has 0 atom stereocenters. The summed E-state index contributed by atoms with van der Waals surface area (Å²) in [6, 6.07) is 3.97. The van der Waals surface area contributed by atoms with Gasteiger partial charge in [-0.2, -0.15) is 0 Å². The van der Waals surface area contributed by atoms with Crippen molar-refractivity contribution in [2.24, 2.45) is 10.2 Å². The number of nitrogens with two attached hydrogens (primary N) is 1. The number of benzene rings is 1. The van der Waals surface area contributed by atoms with Crippen molar-refractivity contribution in [1.82, 2.24) is 4.98 Å². The second-order valence-corrected chi connectivity index (χ2v) is 3.96. The first-order valence-electron chi connectivity index (χ1n) is 5.65. The Bertz CT molecular complexity index is 791. The van der Waals surface area contributed by atoms with Gasteiger partial charge in [-0.25, -0.2) is 4.98 Å². The Balaban J connectivity index is 2.39. The lowest BCUT2D eigenvalue weighted by atomic mass is 10.2. The van der Waals surface area contributed by atoms with Gasteiger partial charge in [0, 0.05) is 6.07 Å². The maximum Gasteiger partial charge on any atom is 0.303 e. The lowest BCUT2D eigenvalue weighted by molar-refractivity contribution is -0.393. The largest absolute Gasteiger partial charge is 0.870 e. The van der Waals surface area contributed by atoms with Gasteiger partial charge in [0.2, 0.25) is 0 Å². The molecule has 11 heteroatoms. The van der Waals surface area contributed by atoms with Crippen LogP contribution in [0.2, 0.25) is 0 Å². The van der Waals surface area contributed by atoms with Gasteiger partial charge in [-0.3, -0.25) is 20.2 Å². The Morgan fingerprint density at radius 3 is 2.41 bits per heavy atom. The molecule has 2 aromatic rings. The number of nitrogens with zero attached hydrogens (tertiary/aromatic N) is 5. The van der Waals surface area contributed by atoms with Crippen molar-refractivity contribution in [3.05, 3.63) is 50.7 Å². The third-order valence-corrected chi connectivity index (χ3v) is 2.51. The fraction of sp³-hybridized carbons (Fsp3) is 0. The summed E-state index contributed by atoms with van der Waals surface area (Å²) in [5.74, 6) is -0.769. The van der Waals surface area contributed by atoms with Gasteiger partial charge in [-0.1, -0.05) is 5.75 Å². The summed E-state index contributed by atoms with van der Waals surface area (Å²) in [6.45, 7) is 0. The molecule has 0 unspecified atom stereocenters. The first kappa shape index (κ1) is 14.8. The van der Waals surface area contributed by atoms with Crippen molar-refractivity contribution in [2.45, 2.75) is 0 Å². The molecule has 0 bridgehead atoms. The lowest BCUT2D eigenvalue weighted by Crippen LogP contribution is -1.98. The number of azo groups is 1. The molecular formula is C11H7N6O5-. The number of nitrogen functional groups attached to an aromatic ring is 1. The molecule has 0 radical (unpaired) electrons. The highest BCUT2D eigenvalue weighted by Crippen LogP contribution is 2.32. The van der Waals surface area contributed by atoms with Gasteiger partial charge in [-0.15, -0.1) is 10.2 Å². The molecule has 0 aliphatic carbocycles. The van der Waals surface area contributed by atoms with Gasteiger partial charge in [0.25, 0.3) is 5.69 Å². The van der Waals surface area contributed by atoms with Gasteiger partial charge in [0.05, 0.1) is 22.1 Å². The maximum atomic E-state index is 11.3. The number of non-ortho nitro benzene ring substituents is 1. The van der Waals surface area contributed by atoms with Crippen LogP contribution in [-0.2, 0) is 0 Å². The Labute approximate surface area is 122 Å². The standard InChI is InChI=1S/C11H8N6O5/c12-11-10(18)3-6(5-13-11)14-15-8-2-1-7(16(19)20)4-9(8)17(21)22/h1-5,18H,(H2,12,13)/p-1. The normalized spacial score (nSPS) is 10.7. The van der Waals surface area contributed by atoms with E-state index in [-0.39, 0.29) is 17.2 Å². The molecule has 2 rings (SSSR count). The highest BCUT2D eigenvalue weighted by molar-refractivity contribution is 5.62. The van der Waals surface area contributed by atoms with Gasteiger partial charge >= 0.3 is 5.69 Å². The molecule has 0 aliphatic rings. The summed E-state index contributed by atoms with van der Waals surface area (Å²) in [5, 5.41) is 40.0. The first-order valence-corrected chi connectivity index (χ1v) is 5.65. The zero-order valence-corrected chi connectivity index (χ0v) is 10.7. The summed E-state index contributed by atoms with van der Waals surface area (Å²) in [7, 11) is 0. The summed E-state index contributed by atoms with van der Waals surface area (Å²) >= 11 is 0. The number of rotatable bonds is 4. The molecule has 1 aromatic carbocycles. The van der Waals surface area contributed by atoms with Gasteiger partial charge < -0.3 is 10.8 Å². The Hall–Kier alpha value is -3.63. The van der Waals surface area contributed by atoms with Crippen LogP contribution in [0.4, 0.5) is 28.6 Å². The first-order chi connectivity index (χ1) is 10.4. The number of hydrogen-bond donors (Lipinski definition) is 1. The number of nitro groups is 2. The molecule has 0 fully saturated rings. The highest BCUT2D eigenvalue weighted by Gasteiger charge is 2.19. The monoisotopic (exact) mass is 303 g/mol. The lowest BCUT2D eigenvalue weighted by Gasteiger charge is -2.07. The molecule has 1 heterocycles. The van der Waals surface area contributed by atoms with Crippen LogP contribution in [0.15, 0.2) is 40.7 Å². The smallest absolute Gasteiger partial charge is 0.303 e. The number of hydrogen-bond acceptors (Lipinski definition) is 9. The van der Waals surface area contributed by atoms with E-state index < -0.39 is 27.0 Å². The number of anilines is 1. The van der Waals surface area contributed by atoms with Crippen molar-refractivity contribution < 1.29 is 15.0 Å². The second-order valence-electron chi connectivity index (χ2n) is 3.96. The molecule has 0 amide bonds. The van der Waals surface area contributed by atoms with E-state index in [4.69, 9.17) is 5.73 Å². The van der Waals surface area contributed by atoms with E-state index in [9.17, 15) is 25.3 Å². The summed E-state index contributed by atoms with van der Waals surface area (Å²) in [5.41, 5.74) is 4.09. The third kappa shape index (κ3) is 3.09. The van der Waals surface area contributed by atoms with E-state index in [1.54, 1.807) is 0 Å². The van der Waals surface area contributed by atoms with E-state index in [1.807, 2.05) is 0 Å². The quantitative estimate of drug-likeness (QED) is 0.510. The Kier molecular flexibility index (Phi) is 3.88. The molecule has 0 aliphatic heterocycles. The molecule has 0 saturated carbocycles. The SMILES string of the molecule is Nc1ncc(N=Nc2ccc([N+](=O)[O-])cc2[N+](=O)[O-])cc1[O-]. The number of aromatic nitrogens is 1. The maximum absolute atomic E-state index is 11.3. The van der Waals surface area contributed by atoms with Crippen molar-refractivity contribution in [3.63, 3.8) is 0 Å². The number of nitro benzene ring substituents is 2. The van der Waals surface area contributed by atoms with Crippen molar-refractivity contribution >= 4 is 28.6 Å². The van der Waals surface area contributed by atoms with E-state index in [0.717, 1.165) is 30.5 Å². The minimum Gasteiger partial charge on any atom is -0.870 e. The van der Waals surface area contributed by atoms with Crippen molar-refractivity contribution in [2.75, 3.05) is 5.73 Å². The van der Waals surface area contributed by atoms with Gasteiger partial charge in [0.15, 0.2) is 5.69 Å².